The molecule has 0 aliphatic carbocycles. The van der Waals surface area contributed by atoms with Gasteiger partial charge in [0, 0.05) is 16.1 Å². The lowest BCUT2D eigenvalue weighted by molar-refractivity contribution is 0.102. The zero-order valence-electron chi connectivity index (χ0n) is 10.9. The van der Waals surface area contributed by atoms with Crippen LogP contribution in [0.5, 0.6) is 0 Å². The van der Waals surface area contributed by atoms with Crippen LogP contribution in [-0.4, -0.2) is 17.6 Å². The van der Waals surface area contributed by atoms with Crippen LogP contribution in [0.2, 0.25) is 5.02 Å². The van der Waals surface area contributed by atoms with Crippen molar-refractivity contribution < 1.29 is 14.3 Å². The third-order valence-electron chi connectivity index (χ3n) is 2.62. The lowest BCUT2D eigenvalue weighted by Crippen LogP contribution is -2.13. The first kappa shape index (κ1) is 15.0. The summed E-state index contributed by atoms with van der Waals surface area (Å²) >= 11 is 5.80. The van der Waals surface area contributed by atoms with Crippen molar-refractivity contribution in [2.24, 2.45) is 0 Å². The summed E-state index contributed by atoms with van der Waals surface area (Å²) in [5.74, 6) is 3.95. The predicted molar refractivity (Wildman–Crippen MR) is 79.8 cm³/mol. The number of halogens is 2. The lowest BCUT2D eigenvalue weighted by atomic mass is 10.1. The third-order valence-corrected chi connectivity index (χ3v) is 2.85. The molecule has 0 saturated carbocycles. The lowest BCUT2D eigenvalue weighted by Gasteiger charge is -2.07. The molecule has 21 heavy (non-hydrogen) atoms. The number of benzene rings is 2. The van der Waals surface area contributed by atoms with Crippen LogP contribution in [-0.2, 0) is 0 Å². The molecule has 1 amide bonds. The van der Waals surface area contributed by atoms with Gasteiger partial charge in [-0.05, 0) is 36.4 Å². The van der Waals surface area contributed by atoms with Crippen molar-refractivity contribution >= 4 is 23.2 Å². The van der Waals surface area contributed by atoms with Crippen molar-refractivity contribution in [2.45, 2.75) is 0 Å². The highest BCUT2D eigenvalue weighted by Gasteiger charge is 2.10. The fraction of sp³-hybridized carbons (Fsp3) is 0.0625. The largest absolute Gasteiger partial charge is 0.384 e. The molecule has 0 unspecified atom stereocenters. The number of hydrogen-bond acceptors (Lipinski definition) is 2. The molecule has 2 rings (SSSR count). The first-order chi connectivity index (χ1) is 10.1. The SMILES string of the molecule is O=C(Nc1ccc(C#CCO)cc1F)c1cccc(Cl)c1. The monoisotopic (exact) mass is 303 g/mol. The van der Waals surface area contributed by atoms with E-state index in [1.54, 1.807) is 24.3 Å². The van der Waals surface area contributed by atoms with Gasteiger partial charge >= 0.3 is 0 Å². The van der Waals surface area contributed by atoms with E-state index in [-0.39, 0.29) is 12.3 Å². The molecule has 0 fully saturated rings. The number of aliphatic hydroxyl groups excluding tert-OH is 1. The smallest absolute Gasteiger partial charge is 0.255 e. The second-order valence-corrected chi connectivity index (χ2v) is 4.56. The van der Waals surface area contributed by atoms with E-state index in [0.717, 1.165) is 0 Å². The van der Waals surface area contributed by atoms with Crippen LogP contribution in [0.1, 0.15) is 15.9 Å². The molecule has 0 bridgehead atoms. The summed E-state index contributed by atoms with van der Waals surface area (Å²) < 4.78 is 13.9. The van der Waals surface area contributed by atoms with Gasteiger partial charge in [-0.3, -0.25) is 4.79 Å². The van der Waals surface area contributed by atoms with Crippen molar-refractivity contribution in [1.29, 1.82) is 0 Å². The Labute approximate surface area is 126 Å². The number of aliphatic hydroxyl groups is 1. The summed E-state index contributed by atoms with van der Waals surface area (Å²) in [4.78, 5) is 12.0. The van der Waals surface area contributed by atoms with Crippen LogP contribution in [0, 0.1) is 17.7 Å². The van der Waals surface area contributed by atoms with Gasteiger partial charge in [-0.25, -0.2) is 4.39 Å². The quantitative estimate of drug-likeness (QED) is 0.838. The van der Waals surface area contributed by atoms with Crippen LogP contribution in [0.3, 0.4) is 0 Å². The minimum Gasteiger partial charge on any atom is -0.384 e. The molecule has 106 valence electrons. The molecule has 0 radical (unpaired) electrons. The van der Waals surface area contributed by atoms with Crippen molar-refractivity contribution in [2.75, 3.05) is 11.9 Å². The Bertz CT molecular complexity index is 735. The van der Waals surface area contributed by atoms with E-state index in [2.05, 4.69) is 17.2 Å². The van der Waals surface area contributed by atoms with Crippen LogP contribution >= 0.6 is 11.6 Å². The Kier molecular flexibility index (Phi) is 4.94. The second kappa shape index (κ2) is 6.89. The molecule has 2 N–H and O–H groups in total. The van der Waals surface area contributed by atoms with E-state index in [1.165, 1.54) is 18.2 Å². The van der Waals surface area contributed by atoms with E-state index < -0.39 is 11.7 Å². The van der Waals surface area contributed by atoms with E-state index in [4.69, 9.17) is 16.7 Å². The fourth-order valence-corrected chi connectivity index (χ4v) is 1.85. The molecule has 0 aliphatic rings. The van der Waals surface area contributed by atoms with Crippen molar-refractivity contribution in [3.8, 4) is 11.8 Å². The number of rotatable bonds is 2. The predicted octanol–water partition coefficient (Wildman–Crippen LogP) is 3.08. The van der Waals surface area contributed by atoms with Gasteiger partial charge in [0.25, 0.3) is 5.91 Å². The second-order valence-electron chi connectivity index (χ2n) is 4.12. The third kappa shape index (κ3) is 4.06. The zero-order chi connectivity index (χ0) is 15.2. The van der Waals surface area contributed by atoms with Crippen LogP contribution in [0.15, 0.2) is 42.5 Å². The topological polar surface area (TPSA) is 49.3 Å². The standard InChI is InChI=1S/C16H11ClFNO2/c17-13-5-1-4-12(10-13)16(21)19-15-7-6-11(3-2-8-20)9-14(15)18/h1,4-7,9-10,20H,8H2,(H,19,21). The zero-order valence-corrected chi connectivity index (χ0v) is 11.6. The summed E-state index contributed by atoms with van der Waals surface area (Å²) in [6, 6.07) is 10.5. The van der Waals surface area contributed by atoms with Gasteiger partial charge in [0.1, 0.15) is 12.4 Å². The van der Waals surface area contributed by atoms with Gasteiger partial charge in [-0.15, -0.1) is 0 Å². The van der Waals surface area contributed by atoms with Crippen LogP contribution in [0.25, 0.3) is 0 Å². The Hall–Kier alpha value is -2.35. The number of amides is 1. The number of nitrogens with one attached hydrogen (secondary N) is 1. The molecular formula is C16H11ClFNO2. The molecule has 5 heteroatoms. The highest BCUT2D eigenvalue weighted by molar-refractivity contribution is 6.31. The molecule has 0 saturated heterocycles. The Morgan fingerprint density at radius 2 is 2.10 bits per heavy atom. The van der Waals surface area contributed by atoms with Crippen molar-refractivity contribution in [3.05, 3.63) is 64.4 Å². The van der Waals surface area contributed by atoms with Crippen LogP contribution < -0.4 is 5.32 Å². The highest BCUT2D eigenvalue weighted by atomic mass is 35.5. The van der Waals surface area contributed by atoms with Gasteiger partial charge in [0.15, 0.2) is 0 Å². The number of anilines is 1. The van der Waals surface area contributed by atoms with Crippen LogP contribution in [0.4, 0.5) is 10.1 Å². The fourth-order valence-electron chi connectivity index (χ4n) is 1.66. The van der Waals surface area contributed by atoms with E-state index in [1.807, 2.05) is 0 Å². The molecule has 0 aliphatic heterocycles. The maximum absolute atomic E-state index is 13.9. The van der Waals surface area contributed by atoms with Gasteiger partial charge in [0.05, 0.1) is 5.69 Å². The van der Waals surface area contributed by atoms with Crippen molar-refractivity contribution in [3.63, 3.8) is 0 Å². The molecule has 0 aromatic heterocycles. The molecular weight excluding hydrogens is 293 g/mol. The maximum atomic E-state index is 13.9. The van der Waals surface area contributed by atoms with Gasteiger partial charge in [-0.1, -0.05) is 29.5 Å². The number of carbonyl (C=O) groups is 1. The molecule has 0 heterocycles. The summed E-state index contributed by atoms with van der Waals surface area (Å²) in [5.41, 5.74) is 0.808. The summed E-state index contributed by atoms with van der Waals surface area (Å²) in [7, 11) is 0. The average Bonchev–Trinajstić information content (AvgIpc) is 2.47. The average molecular weight is 304 g/mol. The normalized spacial score (nSPS) is 9.67. The van der Waals surface area contributed by atoms with E-state index in [9.17, 15) is 9.18 Å². The molecule has 0 atom stereocenters. The Morgan fingerprint density at radius 3 is 2.76 bits per heavy atom. The maximum Gasteiger partial charge on any atom is 0.255 e. The summed E-state index contributed by atoms with van der Waals surface area (Å²) in [6.07, 6.45) is 0. The first-order valence-electron chi connectivity index (χ1n) is 6.06. The molecule has 2 aromatic rings. The molecule has 2 aromatic carbocycles. The highest BCUT2D eigenvalue weighted by Crippen LogP contribution is 2.17. The Balaban J connectivity index is 2.18. The molecule has 0 spiro atoms. The van der Waals surface area contributed by atoms with Gasteiger partial charge < -0.3 is 10.4 Å². The van der Waals surface area contributed by atoms with Crippen molar-refractivity contribution in [1.82, 2.24) is 0 Å². The number of hydrogen-bond donors (Lipinski definition) is 2. The number of carbonyl (C=O) groups excluding carboxylic acids is 1. The first-order valence-corrected chi connectivity index (χ1v) is 6.44. The van der Waals surface area contributed by atoms with Gasteiger partial charge in [0.2, 0.25) is 0 Å². The van der Waals surface area contributed by atoms with E-state index in [0.29, 0.717) is 16.1 Å². The van der Waals surface area contributed by atoms with Gasteiger partial charge in [-0.2, -0.15) is 0 Å². The molecule has 3 nitrogen and oxygen atoms in total. The minimum absolute atomic E-state index is 0.0505. The summed E-state index contributed by atoms with van der Waals surface area (Å²) in [5, 5.41) is 11.5. The van der Waals surface area contributed by atoms with E-state index >= 15 is 0 Å². The minimum atomic E-state index is -0.602. The Morgan fingerprint density at radius 1 is 1.29 bits per heavy atom. The summed E-state index contributed by atoms with van der Waals surface area (Å²) in [6.45, 7) is -0.297.